The Balaban J connectivity index is 2.24. The van der Waals surface area contributed by atoms with Gasteiger partial charge in [0.1, 0.15) is 5.00 Å². The molecule has 3 nitrogen and oxygen atoms in total. The molecule has 112 valence electrons. The molecule has 0 atom stereocenters. The largest absolute Gasteiger partial charge is 0.396 e. The van der Waals surface area contributed by atoms with Gasteiger partial charge in [0, 0.05) is 13.0 Å². The van der Waals surface area contributed by atoms with Crippen LogP contribution in [0.4, 0.5) is 10.7 Å². The van der Waals surface area contributed by atoms with Crippen LogP contribution >= 0.6 is 23.1 Å². The average Bonchev–Trinajstić information content (AvgIpc) is 2.81. The Kier molecular flexibility index (Phi) is 5.31. The number of carbonyl (C=O) groups is 1. The fourth-order valence-corrected chi connectivity index (χ4v) is 4.14. The standard InChI is InChI=1S/C16H20N2OS2/c1-4-12(19)14-13(17)15(20-3)16(21-14)18-9-11-8-6-5-7-10(11)2/h5-8,18H,4,9,17H2,1-3H3. The lowest BCUT2D eigenvalue weighted by Gasteiger charge is -2.08. The minimum Gasteiger partial charge on any atom is -0.396 e. The zero-order valence-corrected chi connectivity index (χ0v) is 14.2. The van der Waals surface area contributed by atoms with Gasteiger partial charge in [0.25, 0.3) is 0 Å². The van der Waals surface area contributed by atoms with E-state index < -0.39 is 0 Å². The first-order valence-electron chi connectivity index (χ1n) is 6.86. The lowest BCUT2D eigenvalue weighted by atomic mass is 10.1. The highest BCUT2D eigenvalue weighted by atomic mass is 32.2. The molecule has 0 saturated carbocycles. The third-order valence-electron chi connectivity index (χ3n) is 3.38. The number of hydrogen-bond donors (Lipinski definition) is 2. The van der Waals surface area contributed by atoms with Crippen LogP contribution in [0.5, 0.6) is 0 Å². The van der Waals surface area contributed by atoms with E-state index in [0.29, 0.717) is 17.0 Å². The molecule has 0 aliphatic rings. The average molecular weight is 320 g/mol. The van der Waals surface area contributed by atoms with Crippen molar-refractivity contribution in [3.63, 3.8) is 0 Å². The number of thioether (sulfide) groups is 1. The molecule has 0 aliphatic heterocycles. The Morgan fingerprint density at radius 1 is 1.38 bits per heavy atom. The summed E-state index contributed by atoms with van der Waals surface area (Å²) in [5.74, 6) is 0.108. The molecule has 21 heavy (non-hydrogen) atoms. The zero-order chi connectivity index (χ0) is 15.4. The topological polar surface area (TPSA) is 55.1 Å². The predicted molar refractivity (Wildman–Crippen MR) is 93.6 cm³/mol. The van der Waals surface area contributed by atoms with Gasteiger partial charge < -0.3 is 11.1 Å². The molecule has 1 aromatic carbocycles. The quantitative estimate of drug-likeness (QED) is 0.605. The Morgan fingerprint density at radius 3 is 2.71 bits per heavy atom. The van der Waals surface area contributed by atoms with Crippen molar-refractivity contribution in [2.75, 3.05) is 17.3 Å². The van der Waals surface area contributed by atoms with Crippen LogP contribution in [-0.2, 0) is 6.54 Å². The number of ketones is 1. The third kappa shape index (κ3) is 3.41. The molecule has 0 spiro atoms. The number of nitrogens with one attached hydrogen (secondary N) is 1. The maximum Gasteiger partial charge on any atom is 0.174 e. The zero-order valence-electron chi connectivity index (χ0n) is 12.5. The van der Waals surface area contributed by atoms with Crippen LogP contribution in [0.2, 0.25) is 0 Å². The van der Waals surface area contributed by atoms with Gasteiger partial charge in [-0.05, 0) is 24.3 Å². The van der Waals surface area contributed by atoms with E-state index in [1.165, 1.54) is 22.5 Å². The number of nitrogen functional groups attached to an aromatic ring is 1. The number of thiophene rings is 1. The molecule has 0 radical (unpaired) electrons. The van der Waals surface area contributed by atoms with Crippen molar-refractivity contribution in [2.45, 2.75) is 31.7 Å². The first-order chi connectivity index (χ1) is 10.1. The molecule has 0 amide bonds. The lowest BCUT2D eigenvalue weighted by Crippen LogP contribution is -2.00. The molecule has 2 aromatic rings. The maximum absolute atomic E-state index is 11.9. The van der Waals surface area contributed by atoms with E-state index >= 15 is 0 Å². The van der Waals surface area contributed by atoms with E-state index in [9.17, 15) is 4.79 Å². The van der Waals surface area contributed by atoms with Crippen molar-refractivity contribution in [1.82, 2.24) is 0 Å². The summed E-state index contributed by atoms with van der Waals surface area (Å²) in [5, 5.41) is 4.41. The Labute approximate surface area is 133 Å². The molecule has 0 bridgehead atoms. The molecule has 0 fully saturated rings. The SMILES string of the molecule is CCC(=O)c1sc(NCc2ccccc2C)c(SC)c1N. The van der Waals surface area contributed by atoms with Crippen LogP contribution in [0, 0.1) is 6.92 Å². The molecule has 3 N–H and O–H groups in total. The number of rotatable bonds is 6. The summed E-state index contributed by atoms with van der Waals surface area (Å²) >= 11 is 3.04. The third-order valence-corrected chi connectivity index (χ3v) is 5.54. The van der Waals surface area contributed by atoms with Crippen LogP contribution in [0.1, 0.15) is 34.1 Å². The Hall–Kier alpha value is -1.46. The van der Waals surface area contributed by atoms with Gasteiger partial charge in [-0.2, -0.15) is 0 Å². The molecule has 1 aromatic heterocycles. The summed E-state index contributed by atoms with van der Waals surface area (Å²) in [6.07, 6.45) is 2.47. The van der Waals surface area contributed by atoms with Gasteiger partial charge in [0.15, 0.2) is 5.78 Å². The van der Waals surface area contributed by atoms with Gasteiger partial charge in [-0.3, -0.25) is 4.79 Å². The van der Waals surface area contributed by atoms with E-state index in [-0.39, 0.29) is 5.78 Å². The molecule has 0 aliphatic carbocycles. The van der Waals surface area contributed by atoms with Crippen LogP contribution in [0.25, 0.3) is 0 Å². The highest BCUT2D eigenvalue weighted by Gasteiger charge is 2.19. The van der Waals surface area contributed by atoms with Crippen LogP contribution in [-0.4, -0.2) is 12.0 Å². The van der Waals surface area contributed by atoms with Gasteiger partial charge in [-0.15, -0.1) is 23.1 Å². The summed E-state index contributed by atoms with van der Waals surface area (Å²) < 4.78 is 0. The van der Waals surface area contributed by atoms with Gasteiger partial charge in [0.2, 0.25) is 0 Å². The van der Waals surface area contributed by atoms with Crippen molar-refractivity contribution >= 4 is 39.6 Å². The monoisotopic (exact) mass is 320 g/mol. The summed E-state index contributed by atoms with van der Waals surface area (Å²) in [5.41, 5.74) is 9.24. The fourth-order valence-electron chi connectivity index (χ4n) is 2.10. The van der Waals surface area contributed by atoms with Crippen LogP contribution < -0.4 is 11.1 Å². The maximum atomic E-state index is 11.9. The van der Waals surface area contributed by atoms with Gasteiger partial charge >= 0.3 is 0 Å². The molecule has 5 heteroatoms. The number of hydrogen-bond acceptors (Lipinski definition) is 5. The van der Waals surface area contributed by atoms with E-state index in [4.69, 9.17) is 5.73 Å². The van der Waals surface area contributed by atoms with Crippen molar-refractivity contribution in [2.24, 2.45) is 0 Å². The highest BCUT2D eigenvalue weighted by molar-refractivity contribution is 7.99. The summed E-state index contributed by atoms with van der Waals surface area (Å²) in [7, 11) is 0. The predicted octanol–water partition coefficient (Wildman–Crippen LogP) is 4.57. The number of Topliss-reactive ketones (excluding diaryl/α,β-unsaturated/α-hetero) is 1. The van der Waals surface area contributed by atoms with Gasteiger partial charge in [-0.25, -0.2) is 0 Å². The summed E-state index contributed by atoms with van der Waals surface area (Å²) in [4.78, 5) is 13.6. The molecule has 2 rings (SSSR count). The highest BCUT2D eigenvalue weighted by Crippen LogP contribution is 2.42. The first-order valence-corrected chi connectivity index (χ1v) is 8.90. The summed E-state index contributed by atoms with van der Waals surface area (Å²) in [6.45, 7) is 4.70. The molecule has 1 heterocycles. The van der Waals surface area contributed by atoms with Crippen molar-refractivity contribution in [3.05, 3.63) is 40.3 Å². The summed E-state index contributed by atoms with van der Waals surface area (Å²) in [6, 6.07) is 8.28. The minimum atomic E-state index is 0.108. The number of carbonyl (C=O) groups excluding carboxylic acids is 1. The van der Waals surface area contributed by atoms with Crippen molar-refractivity contribution in [1.29, 1.82) is 0 Å². The van der Waals surface area contributed by atoms with Crippen molar-refractivity contribution < 1.29 is 4.79 Å². The number of anilines is 2. The van der Waals surface area contributed by atoms with Crippen molar-refractivity contribution in [3.8, 4) is 0 Å². The molecule has 0 saturated heterocycles. The second-order valence-corrected chi connectivity index (χ2v) is 6.60. The number of nitrogens with two attached hydrogens (primary N) is 1. The number of benzene rings is 1. The van der Waals surface area contributed by atoms with Crippen LogP contribution in [0.15, 0.2) is 29.2 Å². The second kappa shape index (κ2) is 7.00. The van der Waals surface area contributed by atoms with E-state index in [1.807, 2.05) is 25.3 Å². The Morgan fingerprint density at radius 2 is 2.10 bits per heavy atom. The molecular formula is C16H20N2OS2. The normalized spacial score (nSPS) is 10.6. The van der Waals surface area contributed by atoms with E-state index in [1.54, 1.807) is 11.8 Å². The van der Waals surface area contributed by atoms with Gasteiger partial charge in [0.05, 0.1) is 15.5 Å². The van der Waals surface area contributed by atoms with Gasteiger partial charge in [-0.1, -0.05) is 31.2 Å². The smallest absolute Gasteiger partial charge is 0.174 e. The molecular weight excluding hydrogens is 300 g/mol. The van der Waals surface area contributed by atoms with Crippen LogP contribution in [0.3, 0.4) is 0 Å². The molecule has 0 unspecified atom stereocenters. The van der Waals surface area contributed by atoms with E-state index in [2.05, 4.69) is 24.4 Å². The minimum absolute atomic E-state index is 0.108. The fraction of sp³-hybridized carbons (Fsp3) is 0.312. The van der Waals surface area contributed by atoms with E-state index in [0.717, 1.165) is 16.4 Å². The Bertz CT molecular complexity index is 650. The second-order valence-electron chi connectivity index (χ2n) is 4.76. The lowest BCUT2D eigenvalue weighted by molar-refractivity contribution is 0.0992. The first kappa shape index (κ1) is 15.9. The number of aryl methyl sites for hydroxylation is 1.